The van der Waals surface area contributed by atoms with Gasteiger partial charge < -0.3 is 20.7 Å². The van der Waals surface area contributed by atoms with E-state index in [9.17, 15) is 9.59 Å². The third kappa shape index (κ3) is 7.38. The predicted molar refractivity (Wildman–Crippen MR) is 126 cm³/mol. The number of benzene rings is 2. The van der Waals surface area contributed by atoms with Gasteiger partial charge in [-0.05, 0) is 61.9 Å². The first kappa shape index (κ1) is 23.8. The fraction of sp³-hybridized carbons (Fsp3) is 0.462. The molecule has 3 rings (SSSR count). The lowest BCUT2D eigenvalue weighted by molar-refractivity contribution is -0.141. The molecule has 0 aromatic heterocycles. The van der Waals surface area contributed by atoms with Gasteiger partial charge in [0.1, 0.15) is 18.4 Å². The van der Waals surface area contributed by atoms with Crippen LogP contribution in [0.3, 0.4) is 0 Å². The van der Waals surface area contributed by atoms with Crippen LogP contribution in [0.5, 0.6) is 5.75 Å². The van der Waals surface area contributed by atoms with Crippen molar-refractivity contribution in [3.63, 3.8) is 0 Å². The summed E-state index contributed by atoms with van der Waals surface area (Å²) in [6.07, 6.45) is 5.84. The van der Waals surface area contributed by atoms with Crippen LogP contribution in [0, 0.1) is 0 Å². The average molecular weight is 438 g/mol. The normalized spacial score (nSPS) is 15.9. The van der Waals surface area contributed by atoms with Gasteiger partial charge in [0, 0.05) is 13.1 Å². The van der Waals surface area contributed by atoms with Crippen LogP contribution in [0.4, 0.5) is 0 Å². The van der Waals surface area contributed by atoms with E-state index in [2.05, 4.69) is 5.32 Å². The van der Waals surface area contributed by atoms with Crippen molar-refractivity contribution in [2.75, 3.05) is 19.6 Å². The number of nitrogens with zero attached hydrogens (tertiary/aromatic N) is 1. The number of carbonyl (C=O) groups is 2. The van der Waals surface area contributed by atoms with Gasteiger partial charge in [0.05, 0.1) is 6.42 Å². The Hall–Kier alpha value is -2.86. The molecule has 3 N–H and O–H groups in total. The van der Waals surface area contributed by atoms with E-state index in [4.69, 9.17) is 10.5 Å². The predicted octanol–water partition coefficient (Wildman–Crippen LogP) is 3.43. The molecular weight excluding hydrogens is 402 g/mol. The van der Waals surface area contributed by atoms with E-state index >= 15 is 0 Å². The van der Waals surface area contributed by atoms with E-state index in [0.717, 1.165) is 55.4 Å². The van der Waals surface area contributed by atoms with Crippen LogP contribution in [0.1, 0.15) is 49.7 Å². The molecule has 2 aromatic carbocycles. The summed E-state index contributed by atoms with van der Waals surface area (Å²) >= 11 is 0. The van der Waals surface area contributed by atoms with Gasteiger partial charge >= 0.3 is 0 Å². The van der Waals surface area contributed by atoms with E-state index in [1.807, 2.05) is 54.6 Å². The highest BCUT2D eigenvalue weighted by Gasteiger charge is 2.31. The van der Waals surface area contributed by atoms with E-state index in [1.54, 1.807) is 4.90 Å². The molecule has 0 aliphatic carbocycles. The molecule has 0 saturated carbocycles. The molecule has 1 aliphatic rings. The molecule has 1 atom stereocenters. The summed E-state index contributed by atoms with van der Waals surface area (Å²) < 4.78 is 5.82. The summed E-state index contributed by atoms with van der Waals surface area (Å²) in [6, 6.07) is 17.3. The molecular formula is C26H35N3O3. The number of likely N-dealkylation sites (tertiary alicyclic amines) is 1. The third-order valence-electron chi connectivity index (χ3n) is 5.83. The molecule has 2 aromatic rings. The number of amides is 2. The molecule has 2 amide bonds. The second-order valence-corrected chi connectivity index (χ2v) is 8.33. The van der Waals surface area contributed by atoms with Gasteiger partial charge in [-0.1, -0.05) is 48.9 Å². The monoisotopic (exact) mass is 437 g/mol. The Kier molecular flexibility index (Phi) is 9.57. The summed E-state index contributed by atoms with van der Waals surface area (Å²) in [5.41, 5.74) is 7.55. The fourth-order valence-electron chi connectivity index (χ4n) is 4.00. The number of hydrogen-bond donors (Lipinski definition) is 2. The van der Waals surface area contributed by atoms with Crippen LogP contribution in [-0.2, 0) is 22.6 Å². The largest absolute Gasteiger partial charge is 0.489 e. The van der Waals surface area contributed by atoms with E-state index in [-0.39, 0.29) is 17.9 Å². The van der Waals surface area contributed by atoms with Crippen molar-refractivity contribution >= 4 is 11.8 Å². The summed E-state index contributed by atoms with van der Waals surface area (Å²) in [7, 11) is 0. The van der Waals surface area contributed by atoms with Crippen molar-refractivity contribution in [1.82, 2.24) is 10.2 Å². The Labute approximate surface area is 191 Å². The first-order chi connectivity index (χ1) is 15.7. The molecule has 172 valence electrons. The van der Waals surface area contributed by atoms with Crippen molar-refractivity contribution < 1.29 is 14.3 Å². The Morgan fingerprint density at radius 3 is 2.50 bits per heavy atom. The van der Waals surface area contributed by atoms with Crippen molar-refractivity contribution in [3.05, 3.63) is 65.7 Å². The highest BCUT2D eigenvalue weighted by atomic mass is 16.5. The molecule has 6 heteroatoms. The number of unbranched alkanes of at least 4 members (excludes halogenated alkanes) is 2. The zero-order chi connectivity index (χ0) is 22.6. The van der Waals surface area contributed by atoms with Gasteiger partial charge in [0.25, 0.3) is 0 Å². The minimum atomic E-state index is -0.362. The topological polar surface area (TPSA) is 84.7 Å². The van der Waals surface area contributed by atoms with Gasteiger partial charge in [0.2, 0.25) is 11.8 Å². The number of carbonyl (C=O) groups excluding carboxylic acids is 2. The minimum Gasteiger partial charge on any atom is -0.489 e. The number of hydrogen-bond acceptors (Lipinski definition) is 4. The van der Waals surface area contributed by atoms with Gasteiger partial charge in [-0.2, -0.15) is 0 Å². The van der Waals surface area contributed by atoms with Gasteiger partial charge in [-0.3, -0.25) is 9.59 Å². The zero-order valence-electron chi connectivity index (χ0n) is 18.8. The number of nitrogens with two attached hydrogens (primary N) is 1. The zero-order valence-corrected chi connectivity index (χ0v) is 18.8. The minimum absolute atomic E-state index is 0.00550. The number of ether oxygens (including phenoxy) is 1. The summed E-state index contributed by atoms with van der Waals surface area (Å²) in [5, 5.41) is 3.00. The number of rotatable bonds is 11. The fourth-order valence-corrected chi connectivity index (χ4v) is 4.00. The third-order valence-corrected chi connectivity index (χ3v) is 5.83. The van der Waals surface area contributed by atoms with Crippen LogP contribution in [0.15, 0.2) is 54.6 Å². The van der Waals surface area contributed by atoms with Crippen LogP contribution >= 0.6 is 0 Å². The van der Waals surface area contributed by atoms with Crippen molar-refractivity contribution in [1.29, 1.82) is 0 Å². The summed E-state index contributed by atoms with van der Waals surface area (Å²) in [6.45, 7) is 2.47. The summed E-state index contributed by atoms with van der Waals surface area (Å²) in [5.74, 6) is 0.747. The second kappa shape index (κ2) is 12.9. The molecule has 32 heavy (non-hydrogen) atoms. The summed E-state index contributed by atoms with van der Waals surface area (Å²) in [4.78, 5) is 27.4. The van der Waals surface area contributed by atoms with E-state index < -0.39 is 0 Å². The van der Waals surface area contributed by atoms with Crippen molar-refractivity contribution in [2.24, 2.45) is 5.73 Å². The maximum Gasteiger partial charge on any atom is 0.242 e. The van der Waals surface area contributed by atoms with E-state index in [0.29, 0.717) is 32.7 Å². The van der Waals surface area contributed by atoms with Crippen LogP contribution in [-0.4, -0.2) is 42.4 Å². The van der Waals surface area contributed by atoms with Crippen molar-refractivity contribution in [3.8, 4) is 5.75 Å². The smallest absolute Gasteiger partial charge is 0.242 e. The lowest BCUT2D eigenvalue weighted by Gasteiger charge is -2.35. The van der Waals surface area contributed by atoms with Crippen LogP contribution < -0.4 is 15.8 Å². The number of piperidine rings is 1. The standard InChI is InChI=1S/C26H35N3O3/c27-16-6-2-7-17-28-26(31)24-11-5-8-18-29(24)25(30)19-21-12-14-23(15-13-21)32-20-22-9-3-1-4-10-22/h1,3-4,9-10,12-15,24H,2,5-8,11,16-20,27H2,(H,28,31). The molecule has 0 bridgehead atoms. The second-order valence-electron chi connectivity index (χ2n) is 8.33. The van der Waals surface area contributed by atoms with Crippen molar-refractivity contribution in [2.45, 2.75) is 57.6 Å². The lowest BCUT2D eigenvalue weighted by atomic mass is 10.00. The Morgan fingerprint density at radius 2 is 1.75 bits per heavy atom. The maximum atomic E-state index is 13.0. The first-order valence-corrected chi connectivity index (χ1v) is 11.7. The van der Waals surface area contributed by atoms with Crippen LogP contribution in [0.25, 0.3) is 0 Å². The Balaban J connectivity index is 1.49. The van der Waals surface area contributed by atoms with E-state index in [1.165, 1.54) is 0 Å². The Morgan fingerprint density at radius 1 is 0.969 bits per heavy atom. The molecule has 1 unspecified atom stereocenters. The molecule has 6 nitrogen and oxygen atoms in total. The first-order valence-electron chi connectivity index (χ1n) is 11.7. The highest BCUT2D eigenvalue weighted by Crippen LogP contribution is 2.20. The lowest BCUT2D eigenvalue weighted by Crippen LogP contribution is -2.52. The average Bonchev–Trinajstić information content (AvgIpc) is 2.84. The van der Waals surface area contributed by atoms with Gasteiger partial charge in [-0.25, -0.2) is 0 Å². The number of nitrogens with one attached hydrogen (secondary N) is 1. The SMILES string of the molecule is NCCCCCNC(=O)C1CCCCN1C(=O)Cc1ccc(OCc2ccccc2)cc1. The molecule has 1 aliphatic heterocycles. The van der Waals surface area contributed by atoms with Crippen LogP contribution in [0.2, 0.25) is 0 Å². The Bertz CT molecular complexity index is 839. The molecule has 1 fully saturated rings. The molecule has 0 radical (unpaired) electrons. The molecule has 0 spiro atoms. The van der Waals surface area contributed by atoms with Gasteiger partial charge in [0.15, 0.2) is 0 Å². The van der Waals surface area contributed by atoms with Gasteiger partial charge in [-0.15, -0.1) is 0 Å². The quantitative estimate of drug-likeness (QED) is 0.528. The molecule has 1 saturated heterocycles. The maximum absolute atomic E-state index is 13.0. The molecule has 1 heterocycles. The highest BCUT2D eigenvalue weighted by molar-refractivity contribution is 5.88.